The number of benzene rings is 1. The van der Waals surface area contributed by atoms with Crippen LogP contribution in [0.2, 0.25) is 0 Å². The highest BCUT2D eigenvalue weighted by atomic mass is 16.5. The number of hydrogen-bond donors (Lipinski definition) is 1. The van der Waals surface area contributed by atoms with E-state index in [1.165, 1.54) is 0 Å². The molecule has 0 bridgehead atoms. The quantitative estimate of drug-likeness (QED) is 0.778. The fourth-order valence-electron chi connectivity index (χ4n) is 3.34. The molecule has 26 heavy (non-hydrogen) atoms. The standard InChI is InChI=1S/C20H22N4O2/c1-11-5-8-17(26-4)16(9-11)22-20(25)14-10-15(13-6-7-13)21-19-18(14)12(2)23-24(19)3/h5,8-10,13H,6-7H2,1-4H3,(H,22,25). The first kappa shape index (κ1) is 16.6. The third-order valence-electron chi connectivity index (χ3n) is 4.83. The van der Waals surface area contributed by atoms with Gasteiger partial charge in [0.05, 0.1) is 29.4 Å². The summed E-state index contributed by atoms with van der Waals surface area (Å²) in [6, 6.07) is 7.65. The van der Waals surface area contributed by atoms with Crippen LogP contribution in [0.4, 0.5) is 5.69 Å². The average Bonchev–Trinajstić information content (AvgIpc) is 3.41. The molecule has 1 aliphatic rings. The van der Waals surface area contributed by atoms with Crippen LogP contribution in [-0.2, 0) is 7.05 Å². The summed E-state index contributed by atoms with van der Waals surface area (Å²) in [5, 5.41) is 8.27. The highest BCUT2D eigenvalue weighted by Gasteiger charge is 2.28. The minimum Gasteiger partial charge on any atom is -0.495 e. The normalized spacial score (nSPS) is 13.8. The molecule has 2 aromatic heterocycles. The van der Waals surface area contributed by atoms with Crippen molar-refractivity contribution in [1.29, 1.82) is 0 Å². The molecule has 6 heteroatoms. The topological polar surface area (TPSA) is 69.0 Å². The molecule has 1 N–H and O–H groups in total. The number of ether oxygens (including phenoxy) is 1. The summed E-state index contributed by atoms with van der Waals surface area (Å²) < 4.78 is 7.13. The van der Waals surface area contributed by atoms with Gasteiger partial charge in [-0.25, -0.2) is 4.98 Å². The summed E-state index contributed by atoms with van der Waals surface area (Å²) >= 11 is 0. The molecule has 1 amide bonds. The number of methoxy groups -OCH3 is 1. The van der Waals surface area contributed by atoms with E-state index in [4.69, 9.17) is 9.72 Å². The Morgan fingerprint density at radius 3 is 2.73 bits per heavy atom. The molecule has 1 fully saturated rings. The number of rotatable bonds is 4. The van der Waals surface area contributed by atoms with Crippen molar-refractivity contribution in [2.45, 2.75) is 32.6 Å². The lowest BCUT2D eigenvalue weighted by atomic mass is 10.1. The van der Waals surface area contributed by atoms with Gasteiger partial charge in [-0.15, -0.1) is 0 Å². The SMILES string of the molecule is COc1ccc(C)cc1NC(=O)c1cc(C2CC2)nc2c1c(C)nn2C. The van der Waals surface area contributed by atoms with E-state index < -0.39 is 0 Å². The number of hydrogen-bond acceptors (Lipinski definition) is 4. The van der Waals surface area contributed by atoms with Crippen molar-refractivity contribution >= 4 is 22.6 Å². The number of fused-ring (bicyclic) bond motifs is 1. The summed E-state index contributed by atoms with van der Waals surface area (Å²) in [5.41, 5.74) is 4.87. The maximum atomic E-state index is 13.1. The predicted octanol–water partition coefficient (Wildman–Crippen LogP) is 3.72. The van der Waals surface area contributed by atoms with Gasteiger partial charge in [-0.1, -0.05) is 6.07 Å². The van der Waals surface area contributed by atoms with E-state index in [0.29, 0.717) is 22.9 Å². The van der Waals surface area contributed by atoms with Gasteiger partial charge in [0.2, 0.25) is 0 Å². The van der Waals surface area contributed by atoms with Crippen LogP contribution in [0.25, 0.3) is 11.0 Å². The second kappa shape index (κ2) is 6.12. The zero-order valence-electron chi connectivity index (χ0n) is 15.5. The van der Waals surface area contributed by atoms with Gasteiger partial charge in [0.15, 0.2) is 5.65 Å². The molecule has 2 heterocycles. The van der Waals surface area contributed by atoms with Crippen LogP contribution >= 0.6 is 0 Å². The van der Waals surface area contributed by atoms with Gasteiger partial charge >= 0.3 is 0 Å². The van der Waals surface area contributed by atoms with Gasteiger partial charge in [-0.05, 0) is 50.5 Å². The maximum absolute atomic E-state index is 13.1. The van der Waals surface area contributed by atoms with E-state index in [9.17, 15) is 4.79 Å². The van der Waals surface area contributed by atoms with Crippen LogP contribution in [0.15, 0.2) is 24.3 Å². The number of aryl methyl sites for hydroxylation is 3. The van der Waals surface area contributed by atoms with Gasteiger partial charge in [-0.2, -0.15) is 5.10 Å². The maximum Gasteiger partial charge on any atom is 0.256 e. The molecular weight excluding hydrogens is 328 g/mol. The van der Waals surface area contributed by atoms with E-state index in [0.717, 1.165) is 40.8 Å². The van der Waals surface area contributed by atoms with Crippen molar-refractivity contribution in [3.63, 3.8) is 0 Å². The largest absolute Gasteiger partial charge is 0.495 e. The lowest BCUT2D eigenvalue weighted by Gasteiger charge is -2.12. The summed E-state index contributed by atoms with van der Waals surface area (Å²) in [5.74, 6) is 0.925. The fraction of sp³-hybridized carbons (Fsp3) is 0.350. The minimum absolute atomic E-state index is 0.167. The number of carbonyl (C=O) groups is 1. The van der Waals surface area contributed by atoms with Crippen molar-refractivity contribution in [1.82, 2.24) is 14.8 Å². The number of nitrogens with one attached hydrogen (secondary N) is 1. The first-order valence-electron chi connectivity index (χ1n) is 8.78. The summed E-state index contributed by atoms with van der Waals surface area (Å²) in [7, 11) is 3.46. The molecule has 3 aromatic rings. The number of amides is 1. The van der Waals surface area contributed by atoms with Crippen LogP contribution in [0.3, 0.4) is 0 Å². The van der Waals surface area contributed by atoms with E-state index in [1.54, 1.807) is 11.8 Å². The van der Waals surface area contributed by atoms with Gasteiger partial charge in [0.25, 0.3) is 5.91 Å². The lowest BCUT2D eigenvalue weighted by molar-refractivity contribution is 0.102. The molecule has 0 atom stereocenters. The van der Waals surface area contributed by atoms with Crippen LogP contribution in [0, 0.1) is 13.8 Å². The molecule has 0 spiro atoms. The van der Waals surface area contributed by atoms with Crippen molar-refractivity contribution in [3.8, 4) is 5.75 Å². The minimum atomic E-state index is -0.167. The van der Waals surface area contributed by atoms with Crippen molar-refractivity contribution in [3.05, 3.63) is 46.8 Å². The molecule has 0 aliphatic heterocycles. The Labute approximate surface area is 152 Å². The molecule has 1 aliphatic carbocycles. The Bertz CT molecular complexity index is 1020. The van der Waals surface area contributed by atoms with Crippen molar-refractivity contribution < 1.29 is 9.53 Å². The van der Waals surface area contributed by atoms with Crippen molar-refractivity contribution in [2.24, 2.45) is 7.05 Å². The third-order valence-corrected chi connectivity index (χ3v) is 4.83. The number of carbonyl (C=O) groups excluding carboxylic acids is 1. The second-order valence-corrected chi connectivity index (χ2v) is 6.93. The molecule has 1 saturated carbocycles. The molecule has 0 unspecified atom stereocenters. The van der Waals surface area contributed by atoms with Gasteiger partial charge in [-0.3, -0.25) is 9.48 Å². The van der Waals surface area contributed by atoms with Gasteiger partial charge < -0.3 is 10.1 Å². The lowest BCUT2D eigenvalue weighted by Crippen LogP contribution is -2.14. The molecule has 134 valence electrons. The molecular formula is C20H22N4O2. The second-order valence-electron chi connectivity index (χ2n) is 6.93. The third kappa shape index (κ3) is 2.81. The smallest absolute Gasteiger partial charge is 0.256 e. The highest BCUT2D eigenvalue weighted by molar-refractivity contribution is 6.13. The Kier molecular flexibility index (Phi) is 3.90. The van der Waals surface area contributed by atoms with Crippen molar-refractivity contribution in [2.75, 3.05) is 12.4 Å². The molecule has 0 radical (unpaired) electrons. The number of pyridine rings is 1. The number of anilines is 1. The Hall–Kier alpha value is -2.89. The zero-order chi connectivity index (χ0) is 18.4. The molecule has 6 nitrogen and oxygen atoms in total. The fourth-order valence-corrected chi connectivity index (χ4v) is 3.34. The van der Waals surface area contributed by atoms with Crippen LogP contribution in [0.1, 0.15) is 46.1 Å². The first-order chi connectivity index (χ1) is 12.5. The molecule has 1 aromatic carbocycles. The van der Waals surface area contributed by atoms with Crippen LogP contribution < -0.4 is 10.1 Å². The summed E-state index contributed by atoms with van der Waals surface area (Å²) in [6.45, 7) is 3.89. The Balaban J connectivity index is 1.80. The average molecular weight is 350 g/mol. The summed E-state index contributed by atoms with van der Waals surface area (Å²) in [4.78, 5) is 17.9. The van der Waals surface area contributed by atoms with Gasteiger partial charge in [0.1, 0.15) is 5.75 Å². The van der Waals surface area contributed by atoms with E-state index >= 15 is 0 Å². The number of aromatic nitrogens is 3. The predicted molar refractivity (Wildman–Crippen MR) is 101 cm³/mol. The van der Waals surface area contributed by atoms with E-state index in [1.807, 2.05) is 45.2 Å². The van der Waals surface area contributed by atoms with E-state index in [-0.39, 0.29) is 5.91 Å². The van der Waals surface area contributed by atoms with Crippen LogP contribution in [-0.4, -0.2) is 27.8 Å². The monoisotopic (exact) mass is 350 g/mol. The number of nitrogens with zero attached hydrogens (tertiary/aromatic N) is 3. The summed E-state index contributed by atoms with van der Waals surface area (Å²) in [6.07, 6.45) is 2.25. The highest BCUT2D eigenvalue weighted by Crippen LogP contribution is 2.40. The Morgan fingerprint density at radius 2 is 2.04 bits per heavy atom. The molecule has 0 saturated heterocycles. The molecule has 4 rings (SSSR count). The first-order valence-corrected chi connectivity index (χ1v) is 8.78. The van der Waals surface area contributed by atoms with Crippen LogP contribution in [0.5, 0.6) is 5.75 Å². The Morgan fingerprint density at radius 1 is 1.27 bits per heavy atom. The van der Waals surface area contributed by atoms with Gasteiger partial charge in [0, 0.05) is 18.7 Å². The zero-order valence-corrected chi connectivity index (χ0v) is 15.5. The van der Waals surface area contributed by atoms with E-state index in [2.05, 4.69) is 10.4 Å².